The second kappa shape index (κ2) is 12.2. The van der Waals surface area contributed by atoms with Crippen LogP contribution in [0.1, 0.15) is 93.9 Å². The highest BCUT2D eigenvalue weighted by atomic mass is 16.7. The standard InChI is InChI=1S/C36H62O11/c1-31(2)23(39)10-12-33(5)22-15-19(38)25-18(36(8,45)14-11-24(40)32(3,4)44)9-13-34(25,6)35(22,7)16-20(29(31)33)46-30-28(43)27(42)26(41)21(17-37)47-30/h11,14,18-30,37-45H,9-10,12-13,15-17H2,1-8H3/b14-11+/t18-,19+,20-,21+,22+,23-,24-,25-,26+,27-,28+,29-,30+,33+,34+,35+,36-/m0/s1. The maximum atomic E-state index is 12.1. The quantitative estimate of drug-likeness (QED) is 0.139. The molecule has 17 atom stereocenters. The van der Waals surface area contributed by atoms with E-state index in [-0.39, 0.29) is 23.7 Å². The molecule has 5 fully saturated rings. The summed E-state index contributed by atoms with van der Waals surface area (Å²) in [6, 6.07) is 0. The Morgan fingerprint density at radius 3 is 2.13 bits per heavy atom. The van der Waals surface area contributed by atoms with Crippen LogP contribution in [0.5, 0.6) is 0 Å². The zero-order valence-corrected chi connectivity index (χ0v) is 29.5. The molecule has 0 spiro atoms. The lowest BCUT2D eigenvalue weighted by Gasteiger charge is -2.72. The number of ether oxygens (including phenoxy) is 2. The summed E-state index contributed by atoms with van der Waals surface area (Å²) in [6.07, 6.45) is -3.50. The molecular weight excluding hydrogens is 608 g/mol. The lowest BCUT2D eigenvalue weighted by molar-refractivity contribution is -0.346. The third-order valence-electron chi connectivity index (χ3n) is 14.5. The van der Waals surface area contributed by atoms with E-state index >= 15 is 0 Å². The van der Waals surface area contributed by atoms with Gasteiger partial charge >= 0.3 is 0 Å². The normalized spacial score (nSPS) is 51.9. The van der Waals surface area contributed by atoms with Crippen molar-refractivity contribution in [1.29, 1.82) is 0 Å². The minimum atomic E-state index is -1.58. The number of fused-ring (bicyclic) bond motifs is 5. The lowest BCUT2D eigenvalue weighted by atomic mass is 9.34. The van der Waals surface area contributed by atoms with Crippen LogP contribution in [0.2, 0.25) is 0 Å². The second-order valence-corrected chi connectivity index (χ2v) is 18.0. The third-order valence-corrected chi connectivity index (χ3v) is 14.5. The van der Waals surface area contributed by atoms with Gasteiger partial charge in [-0.3, -0.25) is 0 Å². The Hall–Kier alpha value is -0.700. The Kier molecular flexibility index (Phi) is 9.76. The van der Waals surface area contributed by atoms with E-state index in [2.05, 4.69) is 20.8 Å². The molecule has 1 saturated heterocycles. The summed E-state index contributed by atoms with van der Waals surface area (Å²) in [6.45, 7) is 14.9. The van der Waals surface area contributed by atoms with Crippen LogP contribution in [-0.2, 0) is 9.47 Å². The van der Waals surface area contributed by atoms with Crippen molar-refractivity contribution in [2.24, 2.45) is 45.3 Å². The van der Waals surface area contributed by atoms with Gasteiger partial charge in [0.2, 0.25) is 0 Å². The molecule has 0 aromatic rings. The number of aliphatic hydroxyl groups is 9. The Morgan fingerprint density at radius 2 is 1.53 bits per heavy atom. The van der Waals surface area contributed by atoms with Gasteiger partial charge in [-0.05, 0) is 105 Å². The average molecular weight is 671 g/mol. The smallest absolute Gasteiger partial charge is 0.186 e. The molecule has 1 heterocycles. The van der Waals surface area contributed by atoms with Gasteiger partial charge < -0.3 is 55.4 Å². The first-order chi connectivity index (χ1) is 21.5. The van der Waals surface area contributed by atoms with Crippen molar-refractivity contribution in [1.82, 2.24) is 0 Å². The second-order valence-electron chi connectivity index (χ2n) is 18.0. The van der Waals surface area contributed by atoms with Gasteiger partial charge in [-0.1, -0.05) is 46.8 Å². The van der Waals surface area contributed by atoms with Gasteiger partial charge in [0, 0.05) is 0 Å². The monoisotopic (exact) mass is 670 g/mol. The minimum absolute atomic E-state index is 0.0360. The van der Waals surface area contributed by atoms with E-state index in [1.165, 1.54) is 19.9 Å². The van der Waals surface area contributed by atoms with Gasteiger partial charge in [-0.15, -0.1) is 0 Å². The fourth-order valence-corrected chi connectivity index (χ4v) is 11.7. The molecule has 272 valence electrons. The van der Waals surface area contributed by atoms with Crippen LogP contribution in [-0.4, -0.2) is 119 Å². The predicted octanol–water partition coefficient (Wildman–Crippen LogP) is 1.24. The Bertz CT molecular complexity index is 1170. The molecule has 4 aliphatic carbocycles. The Balaban J connectivity index is 1.54. The van der Waals surface area contributed by atoms with Crippen LogP contribution in [0.4, 0.5) is 0 Å². The summed E-state index contributed by atoms with van der Waals surface area (Å²) < 4.78 is 12.6. The van der Waals surface area contributed by atoms with E-state index in [1.807, 2.05) is 13.8 Å². The molecule has 0 unspecified atom stereocenters. The molecule has 1 aliphatic heterocycles. The molecule has 11 nitrogen and oxygen atoms in total. The summed E-state index contributed by atoms with van der Waals surface area (Å²) in [4.78, 5) is 0. The highest BCUT2D eigenvalue weighted by molar-refractivity contribution is 5.23. The fraction of sp³-hybridized carbons (Fsp3) is 0.944. The summed E-state index contributed by atoms with van der Waals surface area (Å²) in [7, 11) is 0. The zero-order valence-electron chi connectivity index (χ0n) is 29.5. The minimum Gasteiger partial charge on any atom is -0.394 e. The molecule has 0 bridgehead atoms. The average Bonchev–Trinajstić information content (AvgIpc) is 3.36. The molecule has 0 aromatic heterocycles. The van der Waals surface area contributed by atoms with E-state index in [0.29, 0.717) is 32.1 Å². The summed E-state index contributed by atoms with van der Waals surface area (Å²) in [5.41, 5.74) is -4.65. The molecule has 47 heavy (non-hydrogen) atoms. The highest BCUT2D eigenvalue weighted by Crippen LogP contribution is 2.76. The first-order valence-electron chi connectivity index (χ1n) is 17.6. The first kappa shape index (κ1) is 37.6. The molecule has 9 N–H and O–H groups in total. The SMILES string of the molecule is CC(C)(O)[C@@H](O)/C=C/[C@](C)(O)[C@H]1CC[C@]2(C)[C@@H]1[C@H](O)C[C@@H]1[C@@]3(C)CC[C@H](O)C(C)(C)[C@@H]3[C@@H](O[C@@H]3O[C@H](CO)[C@@H](O)[C@H](O)[C@H]3O)C[C@]12C. The molecule has 11 heteroatoms. The number of aliphatic hydroxyl groups excluding tert-OH is 7. The lowest BCUT2D eigenvalue weighted by Crippen LogP contribution is -2.71. The molecular formula is C36H62O11. The van der Waals surface area contributed by atoms with Gasteiger partial charge in [0.15, 0.2) is 6.29 Å². The zero-order chi connectivity index (χ0) is 35.3. The van der Waals surface area contributed by atoms with E-state index in [4.69, 9.17) is 9.47 Å². The van der Waals surface area contributed by atoms with E-state index in [1.54, 1.807) is 13.0 Å². The van der Waals surface area contributed by atoms with Gasteiger partial charge in [0.25, 0.3) is 0 Å². The highest BCUT2D eigenvalue weighted by Gasteiger charge is 2.73. The van der Waals surface area contributed by atoms with E-state index < -0.39 is 94.6 Å². The molecule has 5 rings (SSSR count). The van der Waals surface area contributed by atoms with Crippen LogP contribution < -0.4 is 0 Å². The maximum Gasteiger partial charge on any atom is 0.186 e. The molecule has 0 aromatic carbocycles. The molecule has 0 amide bonds. The molecule has 4 saturated carbocycles. The van der Waals surface area contributed by atoms with Gasteiger partial charge in [0.1, 0.15) is 30.5 Å². The third kappa shape index (κ3) is 5.77. The van der Waals surface area contributed by atoms with Gasteiger partial charge in [-0.25, -0.2) is 0 Å². The van der Waals surface area contributed by atoms with Crippen molar-refractivity contribution < 1.29 is 55.4 Å². The van der Waals surface area contributed by atoms with Crippen LogP contribution in [0.3, 0.4) is 0 Å². The summed E-state index contributed by atoms with van der Waals surface area (Å²) in [5, 5.41) is 97.8. The number of hydrogen-bond acceptors (Lipinski definition) is 11. The van der Waals surface area contributed by atoms with Crippen LogP contribution in [0.15, 0.2) is 12.2 Å². The van der Waals surface area contributed by atoms with Crippen LogP contribution in [0, 0.1) is 45.3 Å². The van der Waals surface area contributed by atoms with Crippen LogP contribution in [0.25, 0.3) is 0 Å². The van der Waals surface area contributed by atoms with Gasteiger partial charge in [-0.2, -0.15) is 0 Å². The van der Waals surface area contributed by atoms with Crippen molar-refractivity contribution in [2.45, 2.75) is 160 Å². The summed E-state index contributed by atoms with van der Waals surface area (Å²) >= 11 is 0. The maximum absolute atomic E-state index is 12.1. The number of hydrogen-bond donors (Lipinski definition) is 9. The Labute approximate surface area is 279 Å². The van der Waals surface area contributed by atoms with Crippen molar-refractivity contribution in [3.8, 4) is 0 Å². The Morgan fingerprint density at radius 1 is 0.894 bits per heavy atom. The van der Waals surface area contributed by atoms with Crippen molar-refractivity contribution in [3.63, 3.8) is 0 Å². The predicted molar refractivity (Wildman–Crippen MR) is 172 cm³/mol. The van der Waals surface area contributed by atoms with Crippen molar-refractivity contribution in [2.75, 3.05) is 6.61 Å². The van der Waals surface area contributed by atoms with E-state index in [0.717, 1.165) is 6.42 Å². The van der Waals surface area contributed by atoms with E-state index in [9.17, 15) is 46.0 Å². The van der Waals surface area contributed by atoms with Crippen molar-refractivity contribution >= 4 is 0 Å². The van der Waals surface area contributed by atoms with Gasteiger partial charge in [0.05, 0.1) is 36.1 Å². The first-order valence-corrected chi connectivity index (χ1v) is 17.6. The largest absolute Gasteiger partial charge is 0.394 e. The number of rotatable bonds is 7. The molecule has 0 radical (unpaired) electrons. The van der Waals surface area contributed by atoms with Crippen molar-refractivity contribution in [3.05, 3.63) is 12.2 Å². The van der Waals surface area contributed by atoms with Crippen LogP contribution >= 0.6 is 0 Å². The topological polar surface area (TPSA) is 201 Å². The molecule has 5 aliphatic rings. The summed E-state index contributed by atoms with van der Waals surface area (Å²) in [5.74, 6) is -0.805. The fourth-order valence-electron chi connectivity index (χ4n) is 11.7.